The van der Waals surface area contributed by atoms with Gasteiger partial charge in [-0.25, -0.2) is 4.98 Å². The Morgan fingerprint density at radius 2 is 1.96 bits per heavy atom. The number of ether oxygens (including phenoxy) is 1. The van der Waals surface area contributed by atoms with E-state index in [1.54, 1.807) is 0 Å². The number of fused-ring (bicyclic) bond motifs is 1. The average Bonchev–Trinajstić information content (AvgIpc) is 2.87. The van der Waals surface area contributed by atoms with Crippen molar-refractivity contribution >= 4 is 5.65 Å². The predicted molar refractivity (Wildman–Crippen MR) is 114 cm³/mol. The lowest BCUT2D eigenvalue weighted by atomic mass is 10.1. The number of aromatic nitrogens is 2. The Kier molecular flexibility index (Phi) is 5.93. The molecular formula is C23H30N4O. The first kappa shape index (κ1) is 19.0. The summed E-state index contributed by atoms with van der Waals surface area (Å²) in [5.74, 6) is 0.922. The van der Waals surface area contributed by atoms with Crippen LogP contribution in [0.2, 0.25) is 0 Å². The normalized spacial score (nSPS) is 15.6. The molecule has 3 aromatic rings. The number of nitrogens with one attached hydrogen (secondary N) is 1. The molecule has 0 bridgehead atoms. The standard InChI is InChI=1S/C23H30N4O/c1-3-15-28-20-7-5-19(6-8-20)23-21(17-26-12-4-10-24-11-14-26)27-13-9-18(2)16-22(27)25-23/h5-9,13,16,24H,3-4,10-12,14-15,17H2,1-2H3. The van der Waals surface area contributed by atoms with E-state index in [9.17, 15) is 0 Å². The van der Waals surface area contributed by atoms with Gasteiger partial charge in [-0.15, -0.1) is 0 Å². The zero-order chi connectivity index (χ0) is 19.3. The average molecular weight is 379 g/mol. The lowest BCUT2D eigenvalue weighted by Gasteiger charge is -2.20. The second-order valence-electron chi connectivity index (χ2n) is 7.59. The molecular weight excluding hydrogens is 348 g/mol. The van der Waals surface area contributed by atoms with E-state index in [0.717, 1.165) is 68.4 Å². The first-order valence-electron chi connectivity index (χ1n) is 10.4. The van der Waals surface area contributed by atoms with Crippen molar-refractivity contribution in [3.05, 3.63) is 53.9 Å². The monoisotopic (exact) mass is 378 g/mol. The number of imidazole rings is 1. The van der Waals surface area contributed by atoms with Crippen molar-refractivity contribution in [2.45, 2.75) is 33.2 Å². The van der Waals surface area contributed by atoms with E-state index in [1.807, 2.05) is 0 Å². The summed E-state index contributed by atoms with van der Waals surface area (Å²) in [6.07, 6.45) is 4.36. The SMILES string of the molecule is CCCOc1ccc(-c2nc3cc(C)ccn3c2CN2CCCNCC2)cc1. The van der Waals surface area contributed by atoms with Gasteiger partial charge in [0.15, 0.2) is 0 Å². The van der Waals surface area contributed by atoms with Gasteiger partial charge in [0.2, 0.25) is 0 Å². The van der Waals surface area contributed by atoms with Crippen LogP contribution in [0.4, 0.5) is 0 Å². The first-order chi connectivity index (χ1) is 13.7. The van der Waals surface area contributed by atoms with Crippen LogP contribution in [0.5, 0.6) is 5.75 Å². The van der Waals surface area contributed by atoms with Crippen molar-refractivity contribution in [2.75, 3.05) is 32.8 Å². The molecule has 5 heteroatoms. The van der Waals surface area contributed by atoms with Gasteiger partial charge >= 0.3 is 0 Å². The molecule has 0 spiro atoms. The highest BCUT2D eigenvalue weighted by Gasteiger charge is 2.18. The lowest BCUT2D eigenvalue weighted by Crippen LogP contribution is -2.28. The highest BCUT2D eigenvalue weighted by atomic mass is 16.5. The molecule has 3 heterocycles. The summed E-state index contributed by atoms with van der Waals surface area (Å²) in [7, 11) is 0. The molecule has 0 radical (unpaired) electrons. The Balaban J connectivity index is 1.69. The summed E-state index contributed by atoms with van der Waals surface area (Å²) in [4.78, 5) is 7.54. The van der Waals surface area contributed by atoms with Gasteiger partial charge in [0.1, 0.15) is 11.4 Å². The van der Waals surface area contributed by atoms with Gasteiger partial charge in [0.05, 0.1) is 18.0 Å². The zero-order valence-electron chi connectivity index (χ0n) is 16.9. The Labute approximate surface area is 167 Å². The van der Waals surface area contributed by atoms with Crippen LogP contribution in [-0.4, -0.2) is 47.1 Å². The molecule has 2 aromatic heterocycles. The number of rotatable bonds is 6. The first-order valence-corrected chi connectivity index (χ1v) is 10.4. The van der Waals surface area contributed by atoms with Gasteiger partial charge in [-0.05, 0) is 74.8 Å². The molecule has 0 saturated carbocycles. The molecule has 0 amide bonds. The van der Waals surface area contributed by atoms with Crippen LogP contribution >= 0.6 is 0 Å². The fourth-order valence-electron chi connectivity index (χ4n) is 3.78. The van der Waals surface area contributed by atoms with E-state index < -0.39 is 0 Å². The number of hydrogen-bond acceptors (Lipinski definition) is 4. The Bertz CT molecular complexity index is 908. The Morgan fingerprint density at radius 1 is 1.11 bits per heavy atom. The van der Waals surface area contributed by atoms with Crippen LogP contribution in [0, 0.1) is 6.92 Å². The second-order valence-corrected chi connectivity index (χ2v) is 7.59. The molecule has 5 nitrogen and oxygen atoms in total. The van der Waals surface area contributed by atoms with E-state index >= 15 is 0 Å². The van der Waals surface area contributed by atoms with E-state index in [0.29, 0.717) is 0 Å². The van der Waals surface area contributed by atoms with Crippen LogP contribution in [0.15, 0.2) is 42.6 Å². The molecule has 1 fully saturated rings. The smallest absolute Gasteiger partial charge is 0.137 e. The highest BCUT2D eigenvalue weighted by molar-refractivity contribution is 5.67. The summed E-state index contributed by atoms with van der Waals surface area (Å²) in [5, 5.41) is 3.49. The number of benzene rings is 1. The van der Waals surface area contributed by atoms with Crippen molar-refractivity contribution < 1.29 is 4.74 Å². The summed E-state index contributed by atoms with van der Waals surface area (Å²) >= 11 is 0. The predicted octanol–water partition coefficient (Wildman–Crippen LogP) is 3.89. The van der Waals surface area contributed by atoms with Gasteiger partial charge in [-0.3, -0.25) is 4.90 Å². The molecule has 0 unspecified atom stereocenters. The summed E-state index contributed by atoms with van der Waals surface area (Å²) in [5.41, 5.74) is 5.74. The number of hydrogen-bond donors (Lipinski definition) is 1. The van der Waals surface area contributed by atoms with Crippen molar-refractivity contribution in [1.82, 2.24) is 19.6 Å². The minimum absolute atomic E-state index is 0.751. The third-order valence-corrected chi connectivity index (χ3v) is 5.29. The molecule has 0 atom stereocenters. The highest BCUT2D eigenvalue weighted by Crippen LogP contribution is 2.28. The fourth-order valence-corrected chi connectivity index (χ4v) is 3.78. The van der Waals surface area contributed by atoms with Gasteiger partial charge in [-0.2, -0.15) is 0 Å². The van der Waals surface area contributed by atoms with Crippen LogP contribution < -0.4 is 10.1 Å². The maximum Gasteiger partial charge on any atom is 0.137 e. The van der Waals surface area contributed by atoms with Crippen LogP contribution in [-0.2, 0) is 6.54 Å². The molecule has 0 aliphatic carbocycles. The van der Waals surface area contributed by atoms with Gasteiger partial charge < -0.3 is 14.5 Å². The maximum absolute atomic E-state index is 5.75. The topological polar surface area (TPSA) is 41.8 Å². The summed E-state index contributed by atoms with van der Waals surface area (Å²) in [6.45, 7) is 10.3. The van der Waals surface area contributed by atoms with E-state index in [4.69, 9.17) is 9.72 Å². The minimum Gasteiger partial charge on any atom is -0.494 e. The number of aryl methyl sites for hydroxylation is 1. The summed E-state index contributed by atoms with van der Waals surface area (Å²) < 4.78 is 8.00. The van der Waals surface area contributed by atoms with E-state index in [2.05, 4.69) is 71.1 Å². The van der Waals surface area contributed by atoms with Crippen LogP contribution in [0.3, 0.4) is 0 Å². The van der Waals surface area contributed by atoms with Crippen molar-refractivity contribution in [1.29, 1.82) is 0 Å². The van der Waals surface area contributed by atoms with Gasteiger partial charge in [0.25, 0.3) is 0 Å². The minimum atomic E-state index is 0.751. The van der Waals surface area contributed by atoms with Crippen LogP contribution in [0.1, 0.15) is 31.0 Å². The van der Waals surface area contributed by atoms with E-state index in [1.165, 1.54) is 17.7 Å². The Morgan fingerprint density at radius 3 is 2.79 bits per heavy atom. The third-order valence-electron chi connectivity index (χ3n) is 5.29. The van der Waals surface area contributed by atoms with Crippen molar-refractivity contribution in [3.63, 3.8) is 0 Å². The quantitative estimate of drug-likeness (QED) is 0.706. The fraction of sp³-hybridized carbons (Fsp3) is 0.435. The molecule has 28 heavy (non-hydrogen) atoms. The van der Waals surface area contributed by atoms with Crippen LogP contribution in [0.25, 0.3) is 16.9 Å². The molecule has 1 N–H and O–H groups in total. The second kappa shape index (κ2) is 8.76. The zero-order valence-corrected chi connectivity index (χ0v) is 16.9. The molecule has 148 valence electrons. The Hall–Kier alpha value is -2.37. The maximum atomic E-state index is 5.75. The molecule has 1 aliphatic heterocycles. The molecule has 4 rings (SSSR count). The number of nitrogens with zero attached hydrogens (tertiary/aromatic N) is 3. The number of pyridine rings is 1. The third kappa shape index (κ3) is 4.21. The molecule has 1 saturated heterocycles. The largest absolute Gasteiger partial charge is 0.494 e. The van der Waals surface area contributed by atoms with Crippen molar-refractivity contribution in [2.24, 2.45) is 0 Å². The van der Waals surface area contributed by atoms with Gasteiger partial charge in [0, 0.05) is 31.4 Å². The van der Waals surface area contributed by atoms with E-state index in [-0.39, 0.29) is 0 Å². The van der Waals surface area contributed by atoms with Gasteiger partial charge in [-0.1, -0.05) is 6.92 Å². The lowest BCUT2D eigenvalue weighted by molar-refractivity contribution is 0.281. The molecule has 1 aromatic carbocycles. The summed E-state index contributed by atoms with van der Waals surface area (Å²) in [6, 6.07) is 12.7. The van der Waals surface area contributed by atoms with Crippen molar-refractivity contribution in [3.8, 4) is 17.0 Å². The molecule has 1 aliphatic rings.